The maximum atomic E-state index is 12.0. The maximum absolute atomic E-state index is 12.0. The summed E-state index contributed by atoms with van der Waals surface area (Å²) in [5.74, 6) is 8.63. The molecule has 1 aromatic carbocycles. The number of carbonyl (C=O) groups excluding carboxylic acids is 1. The highest BCUT2D eigenvalue weighted by Crippen LogP contribution is 2.45. The topological polar surface area (TPSA) is 41.1 Å². The summed E-state index contributed by atoms with van der Waals surface area (Å²) in [4.78, 5) is 12.0. The quantitative estimate of drug-likeness (QED) is 0.775. The molecule has 0 atom stereocenters. The lowest BCUT2D eigenvalue weighted by Crippen LogP contribution is -2.37. The molecule has 0 saturated carbocycles. The average Bonchev–Trinajstić information content (AvgIpc) is 2.95. The van der Waals surface area contributed by atoms with Crippen LogP contribution < -0.4 is 10.6 Å². The van der Waals surface area contributed by atoms with Gasteiger partial charge in [-0.2, -0.15) is 0 Å². The van der Waals surface area contributed by atoms with Crippen molar-refractivity contribution in [1.82, 2.24) is 10.6 Å². The molecule has 0 aromatic heterocycles. The predicted octanol–water partition coefficient (Wildman–Crippen LogP) is 1.71. The summed E-state index contributed by atoms with van der Waals surface area (Å²) < 4.78 is 0. The number of amides is 1. The Labute approximate surface area is 143 Å². The van der Waals surface area contributed by atoms with Crippen molar-refractivity contribution in [3.05, 3.63) is 41.5 Å². The molecule has 120 valence electrons. The van der Waals surface area contributed by atoms with Crippen LogP contribution in [0, 0.1) is 36.5 Å². The zero-order valence-electron chi connectivity index (χ0n) is 13.8. The summed E-state index contributed by atoms with van der Waals surface area (Å²) >= 11 is 0. The zero-order valence-corrected chi connectivity index (χ0v) is 13.8. The lowest BCUT2D eigenvalue weighted by atomic mass is 9.75. The van der Waals surface area contributed by atoms with Gasteiger partial charge < -0.3 is 10.6 Å². The Morgan fingerprint density at radius 1 is 1.17 bits per heavy atom. The van der Waals surface area contributed by atoms with Gasteiger partial charge in [0.15, 0.2) is 0 Å². The molecule has 1 aromatic rings. The van der Waals surface area contributed by atoms with E-state index < -0.39 is 0 Å². The maximum Gasteiger partial charge on any atom is 0.251 e. The molecule has 2 aliphatic rings. The highest BCUT2D eigenvalue weighted by atomic mass is 16.1. The van der Waals surface area contributed by atoms with E-state index in [2.05, 4.69) is 58.6 Å². The van der Waals surface area contributed by atoms with Crippen molar-refractivity contribution in [3.8, 4) is 36.5 Å². The number of hydrogen-bond acceptors (Lipinski definition) is 2. The molecule has 1 saturated heterocycles. The highest BCUT2D eigenvalue weighted by Gasteiger charge is 2.40. The minimum absolute atomic E-state index is 0.0258. The van der Waals surface area contributed by atoms with Crippen LogP contribution in [0.15, 0.2) is 30.3 Å². The number of fused-ring (bicyclic) bond motifs is 2. The fourth-order valence-corrected chi connectivity index (χ4v) is 3.27. The van der Waals surface area contributed by atoms with Gasteiger partial charge in [0.2, 0.25) is 0 Å². The first-order chi connectivity index (χ1) is 11.7. The third-order valence-electron chi connectivity index (χ3n) is 4.35. The van der Waals surface area contributed by atoms with Crippen molar-refractivity contribution in [2.45, 2.75) is 18.3 Å². The first kappa shape index (κ1) is 17.4. The third-order valence-corrected chi connectivity index (χ3v) is 4.35. The van der Waals surface area contributed by atoms with Gasteiger partial charge in [0.1, 0.15) is 0 Å². The molecule has 0 bridgehead atoms. The van der Waals surface area contributed by atoms with Gasteiger partial charge in [-0.15, -0.1) is 12.8 Å². The van der Waals surface area contributed by atoms with Crippen LogP contribution in [0.1, 0.15) is 24.0 Å². The van der Waals surface area contributed by atoms with Crippen LogP contribution in [-0.4, -0.2) is 26.0 Å². The fraction of sp³-hybridized carbons (Fsp3) is 0.286. The molecule has 1 amide bonds. The van der Waals surface area contributed by atoms with Crippen LogP contribution in [0.2, 0.25) is 0 Å². The van der Waals surface area contributed by atoms with Crippen molar-refractivity contribution < 1.29 is 4.79 Å². The van der Waals surface area contributed by atoms with E-state index in [0.717, 1.165) is 37.1 Å². The van der Waals surface area contributed by atoms with Crippen molar-refractivity contribution >= 4 is 11.5 Å². The molecule has 1 aliphatic carbocycles. The van der Waals surface area contributed by atoms with Crippen molar-refractivity contribution in [2.24, 2.45) is 0 Å². The predicted molar refractivity (Wildman–Crippen MR) is 97.7 cm³/mol. The molecular formula is C21H20N2O. The lowest BCUT2D eigenvalue weighted by molar-refractivity contribution is -0.115. The lowest BCUT2D eigenvalue weighted by Gasteiger charge is -2.33. The Balaban J connectivity index is 0.000000301. The van der Waals surface area contributed by atoms with Crippen molar-refractivity contribution in [3.63, 3.8) is 0 Å². The second-order valence-corrected chi connectivity index (χ2v) is 5.63. The second-order valence-electron chi connectivity index (χ2n) is 5.63. The van der Waals surface area contributed by atoms with E-state index >= 15 is 0 Å². The largest absolute Gasteiger partial charge is 0.355 e. The number of rotatable bonds is 1. The zero-order chi connectivity index (χ0) is 17.4. The average molecular weight is 316 g/mol. The normalized spacial score (nSPS) is 16.0. The number of hydrogen-bond donors (Lipinski definition) is 2. The van der Waals surface area contributed by atoms with Gasteiger partial charge in [-0.1, -0.05) is 30.3 Å². The molecule has 2 N–H and O–H groups in total. The summed E-state index contributed by atoms with van der Waals surface area (Å²) in [7, 11) is 1.69. The van der Waals surface area contributed by atoms with Gasteiger partial charge in [0.25, 0.3) is 5.91 Å². The molecule has 1 spiro atoms. The molecule has 1 aliphatic heterocycles. The van der Waals surface area contributed by atoms with Crippen LogP contribution in [-0.2, 0) is 10.2 Å². The van der Waals surface area contributed by atoms with Crippen LogP contribution >= 0.6 is 0 Å². The van der Waals surface area contributed by atoms with E-state index in [4.69, 9.17) is 12.8 Å². The second kappa shape index (κ2) is 8.07. The molecule has 0 unspecified atom stereocenters. The molecule has 1 fully saturated rings. The summed E-state index contributed by atoms with van der Waals surface area (Å²) in [6.07, 6.45) is 13.7. The molecule has 3 heteroatoms. The summed E-state index contributed by atoms with van der Waals surface area (Å²) in [5.41, 5.74) is 3.35. The smallest absolute Gasteiger partial charge is 0.251 e. The van der Waals surface area contributed by atoms with Gasteiger partial charge >= 0.3 is 0 Å². The first-order valence-corrected chi connectivity index (χ1v) is 7.85. The SMILES string of the molecule is C#CC#CC#C.CNC(=O)C1=CC2(CCNCC2)c2ccccc21. The van der Waals surface area contributed by atoms with Gasteiger partial charge in [0.05, 0.1) is 0 Å². The number of carbonyl (C=O) groups is 1. The van der Waals surface area contributed by atoms with E-state index in [1.165, 1.54) is 5.56 Å². The number of nitrogens with one attached hydrogen (secondary N) is 2. The molecule has 3 nitrogen and oxygen atoms in total. The Kier molecular flexibility index (Phi) is 5.86. The van der Waals surface area contributed by atoms with Crippen LogP contribution in [0.25, 0.3) is 5.57 Å². The summed E-state index contributed by atoms with van der Waals surface area (Å²) in [6.45, 7) is 2.04. The van der Waals surface area contributed by atoms with Crippen molar-refractivity contribution in [1.29, 1.82) is 0 Å². The van der Waals surface area contributed by atoms with E-state index in [-0.39, 0.29) is 11.3 Å². The molecule has 0 radical (unpaired) electrons. The van der Waals surface area contributed by atoms with Crippen LogP contribution in [0.4, 0.5) is 0 Å². The van der Waals surface area contributed by atoms with E-state index in [1.807, 2.05) is 6.07 Å². The van der Waals surface area contributed by atoms with E-state index in [0.29, 0.717) is 0 Å². The number of piperidine rings is 1. The third kappa shape index (κ3) is 3.52. The molecule has 24 heavy (non-hydrogen) atoms. The summed E-state index contributed by atoms with van der Waals surface area (Å²) in [5, 5.41) is 6.14. The minimum atomic E-state index is 0.0258. The number of allylic oxidation sites excluding steroid dienone is 1. The van der Waals surface area contributed by atoms with Crippen molar-refractivity contribution in [2.75, 3.05) is 20.1 Å². The van der Waals surface area contributed by atoms with Gasteiger partial charge in [-0.05, 0) is 60.7 Å². The number of terminal acetylenes is 2. The first-order valence-electron chi connectivity index (χ1n) is 7.85. The Morgan fingerprint density at radius 2 is 1.79 bits per heavy atom. The Bertz CT molecular complexity index is 770. The summed E-state index contributed by atoms with van der Waals surface area (Å²) in [6, 6.07) is 8.32. The number of benzene rings is 1. The van der Waals surface area contributed by atoms with E-state index in [1.54, 1.807) is 7.05 Å². The van der Waals surface area contributed by atoms with Gasteiger partial charge in [-0.25, -0.2) is 0 Å². The molecule has 1 heterocycles. The minimum Gasteiger partial charge on any atom is -0.355 e. The highest BCUT2D eigenvalue weighted by molar-refractivity contribution is 6.21. The standard InChI is InChI=1S/C15H18N2O.C6H2/c1-16-14(18)12-10-15(6-8-17-9-7-15)13-5-3-2-4-11(12)13;1-3-5-6-4-2/h2-5,10,17H,6-9H2,1H3,(H,16,18);1-2H. The van der Waals surface area contributed by atoms with Gasteiger partial charge in [-0.3, -0.25) is 4.79 Å². The monoisotopic (exact) mass is 316 g/mol. The van der Waals surface area contributed by atoms with Crippen LogP contribution in [0.5, 0.6) is 0 Å². The van der Waals surface area contributed by atoms with Gasteiger partial charge in [0, 0.05) is 18.0 Å². The molecule has 3 rings (SSSR count). The fourth-order valence-electron chi connectivity index (χ4n) is 3.27. The Hall–Kier alpha value is -2.93. The molecular weight excluding hydrogens is 296 g/mol. The van der Waals surface area contributed by atoms with E-state index in [9.17, 15) is 4.79 Å². The number of likely N-dealkylation sites (N-methyl/N-ethyl adjacent to an activating group) is 1. The van der Waals surface area contributed by atoms with Crippen LogP contribution in [0.3, 0.4) is 0 Å². The Morgan fingerprint density at radius 3 is 2.38 bits per heavy atom.